The highest BCUT2D eigenvalue weighted by Crippen LogP contribution is 2.33. The molecule has 0 unspecified atom stereocenters. The average Bonchev–Trinajstić information content (AvgIpc) is 2.62. The number of carbonyl (C=O) groups excluding carboxylic acids is 2. The highest BCUT2D eigenvalue weighted by Gasteiger charge is 2.63. The fourth-order valence-electron chi connectivity index (χ4n) is 2.20. The van der Waals surface area contributed by atoms with Crippen LogP contribution in [0.25, 0.3) is 0 Å². The van der Waals surface area contributed by atoms with Crippen molar-refractivity contribution in [3.63, 3.8) is 0 Å². The minimum Gasteiger partial charge on any atom is -0.463 e. The molecule has 1 atom stereocenters. The van der Waals surface area contributed by atoms with Crippen LogP contribution in [0.1, 0.15) is 17.3 Å². The third-order valence-electron chi connectivity index (χ3n) is 3.45. The summed E-state index contributed by atoms with van der Waals surface area (Å²) in [6, 6.07) is 14.6. The Bertz CT molecular complexity index is 751. The summed E-state index contributed by atoms with van der Waals surface area (Å²) in [6.45, 7) is 1.09. The summed E-state index contributed by atoms with van der Waals surface area (Å²) in [5.74, 6) is -2.72. The molecule has 1 amide bonds. The standard InChI is InChI=1S/C18H17F3N2O3/c1-2-26-16(25)17(18(19,20)21,22-14-11-7-4-8-12-14)23-15(24)13-9-5-3-6-10-13/h3-12,22H,2H2,1H3,(H,23,24)/t17-/m0/s1. The van der Waals surface area contributed by atoms with Crippen LogP contribution < -0.4 is 10.6 Å². The van der Waals surface area contributed by atoms with E-state index in [0.717, 1.165) is 0 Å². The second kappa shape index (κ2) is 7.90. The quantitative estimate of drug-likeness (QED) is 0.608. The Hall–Kier alpha value is -3.03. The van der Waals surface area contributed by atoms with E-state index in [1.807, 2.05) is 0 Å². The zero-order chi connectivity index (χ0) is 19.2. The van der Waals surface area contributed by atoms with Crippen molar-refractivity contribution in [1.82, 2.24) is 5.32 Å². The first-order valence-electron chi connectivity index (χ1n) is 7.75. The molecule has 0 fully saturated rings. The Morgan fingerprint density at radius 1 is 0.962 bits per heavy atom. The summed E-state index contributed by atoms with van der Waals surface area (Å²) >= 11 is 0. The van der Waals surface area contributed by atoms with E-state index in [1.54, 1.807) is 17.4 Å². The van der Waals surface area contributed by atoms with Gasteiger partial charge in [0.25, 0.3) is 5.91 Å². The Kier molecular flexibility index (Phi) is 5.86. The summed E-state index contributed by atoms with van der Waals surface area (Å²) in [6.07, 6.45) is -5.17. The molecule has 26 heavy (non-hydrogen) atoms. The number of alkyl halides is 3. The van der Waals surface area contributed by atoms with E-state index in [9.17, 15) is 22.8 Å². The average molecular weight is 366 g/mol. The van der Waals surface area contributed by atoms with Crippen molar-refractivity contribution in [3.05, 3.63) is 66.2 Å². The molecular formula is C18H17F3N2O3. The van der Waals surface area contributed by atoms with Gasteiger partial charge >= 0.3 is 17.8 Å². The summed E-state index contributed by atoms with van der Waals surface area (Å²) in [5.41, 5.74) is -3.47. The van der Waals surface area contributed by atoms with Gasteiger partial charge in [0.1, 0.15) is 0 Å². The molecule has 2 rings (SSSR count). The monoisotopic (exact) mass is 366 g/mol. The van der Waals surface area contributed by atoms with Crippen LogP contribution in [0.3, 0.4) is 0 Å². The van der Waals surface area contributed by atoms with E-state index >= 15 is 0 Å². The molecule has 2 aromatic carbocycles. The lowest BCUT2D eigenvalue weighted by atomic mass is 10.1. The minimum atomic E-state index is -5.17. The van der Waals surface area contributed by atoms with E-state index in [-0.39, 0.29) is 17.9 Å². The fraction of sp³-hybridized carbons (Fsp3) is 0.222. The second-order valence-electron chi connectivity index (χ2n) is 5.28. The molecule has 0 aromatic heterocycles. The Labute approximate surface area is 148 Å². The van der Waals surface area contributed by atoms with Gasteiger partial charge in [0.05, 0.1) is 6.61 Å². The van der Waals surface area contributed by atoms with Crippen LogP contribution in [0.4, 0.5) is 18.9 Å². The molecule has 0 aliphatic carbocycles. The number of benzene rings is 2. The molecule has 0 radical (unpaired) electrons. The molecule has 0 saturated heterocycles. The number of anilines is 1. The Morgan fingerprint density at radius 3 is 2.00 bits per heavy atom. The number of rotatable bonds is 6. The maximum Gasteiger partial charge on any atom is 0.441 e. The summed E-state index contributed by atoms with van der Waals surface area (Å²) in [7, 11) is 0. The number of hydrogen-bond acceptors (Lipinski definition) is 4. The first kappa shape index (κ1) is 19.3. The second-order valence-corrected chi connectivity index (χ2v) is 5.28. The minimum absolute atomic E-state index is 0.00811. The SMILES string of the molecule is CCOC(=O)[C@@](NC(=O)c1ccccc1)(Nc1ccccc1)C(F)(F)F. The van der Waals surface area contributed by atoms with E-state index < -0.39 is 23.7 Å². The molecule has 0 bridgehead atoms. The maximum atomic E-state index is 13.9. The lowest BCUT2D eigenvalue weighted by molar-refractivity contribution is -0.204. The van der Waals surface area contributed by atoms with Crippen molar-refractivity contribution in [2.75, 3.05) is 11.9 Å². The largest absolute Gasteiger partial charge is 0.463 e. The Balaban J connectivity index is 2.47. The van der Waals surface area contributed by atoms with Crippen LogP contribution in [0, 0.1) is 0 Å². The van der Waals surface area contributed by atoms with Crippen molar-refractivity contribution < 1.29 is 27.5 Å². The fourth-order valence-corrected chi connectivity index (χ4v) is 2.20. The van der Waals surface area contributed by atoms with Gasteiger partial charge in [-0.25, -0.2) is 4.79 Å². The molecule has 2 N–H and O–H groups in total. The zero-order valence-electron chi connectivity index (χ0n) is 13.8. The van der Waals surface area contributed by atoms with Gasteiger partial charge in [0.15, 0.2) is 0 Å². The van der Waals surface area contributed by atoms with Crippen molar-refractivity contribution in [1.29, 1.82) is 0 Å². The number of carbonyl (C=O) groups is 2. The number of nitrogens with one attached hydrogen (secondary N) is 2. The van der Waals surface area contributed by atoms with Crippen LogP contribution in [0.5, 0.6) is 0 Å². The van der Waals surface area contributed by atoms with Crippen molar-refractivity contribution >= 4 is 17.6 Å². The van der Waals surface area contributed by atoms with Crippen LogP contribution >= 0.6 is 0 Å². The molecule has 2 aromatic rings. The van der Waals surface area contributed by atoms with Gasteiger partial charge < -0.3 is 15.4 Å². The molecule has 5 nitrogen and oxygen atoms in total. The number of amides is 1. The number of halogens is 3. The van der Waals surface area contributed by atoms with Crippen LogP contribution in [-0.4, -0.2) is 30.3 Å². The predicted molar refractivity (Wildman–Crippen MR) is 89.4 cm³/mol. The maximum absolute atomic E-state index is 13.9. The number of esters is 1. The Morgan fingerprint density at radius 2 is 1.50 bits per heavy atom. The normalized spacial score (nSPS) is 13.4. The number of hydrogen-bond donors (Lipinski definition) is 2. The zero-order valence-corrected chi connectivity index (χ0v) is 13.8. The summed E-state index contributed by atoms with van der Waals surface area (Å²) in [4.78, 5) is 24.6. The van der Waals surface area contributed by atoms with Crippen LogP contribution in [0.15, 0.2) is 60.7 Å². The summed E-state index contributed by atoms with van der Waals surface area (Å²) < 4.78 is 46.4. The third-order valence-corrected chi connectivity index (χ3v) is 3.45. The van der Waals surface area contributed by atoms with Gasteiger partial charge in [0, 0.05) is 11.3 Å². The first-order chi connectivity index (χ1) is 12.3. The molecule has 0 spiro atoms. The van der Waals surface area contributed by atoms with Crippen molar-refractivity contribution in [3.8, 4) is 0 Å². The molecule has 8 heteroatoms. The van der Waals surface area contributed by atoms with Crippen LogP contribution in [0.2, 0.25) is 0 Å². The van der Waals surface area contributed by atoms with Crippen LogP contribution in [-0.2, 0) is 9.53 Å². The molecule has 0 saturated carbocycles. The molecule has 0 heterocycles. The number of para-hydroxylation sites is 1. The first-order valence-corrected chi connectivity index (χ1v) is 7.75. The molecule has 0 aliphatic heterocycles. The van der Waals surface area contributed by atoms with E-state index in [4.69, 9.17) is 0 Å². The number of ether oxygens (including phenoxy) is 1. The van der Waals surface area contributed by atoms with Gasteiger partial charge in [-0.1, -0.05) is 36.4 Å². The van der Waals surface area contributed by atoms with Crippen molar-refractivity contribution in [2.24, 2.45) is 0 Å². The third kappa shape index (κ3) is 4.14. The predicted octanol–water partition coefficient (Wildman–Crippen LogP) is 3.35. The summed E-state index contributed by atoms with van der Waals surface area (Å²) in [5, 5.41) is 3.86. The lowest BCUT2D eigenvalue weighted by Gasteiger charge is -2.35. The van der Waals surface area contributed by atoms with E-state index in [2.05, 4.69) is 10.1 Å². The molecular weight excluding hydrogens is 349 g/mol. The van der Waals surface area contributed by atoms with Gasteiger partial charge in [-0.2, -0.15) is 13.2 Å². The highest BCUT2D eigenvalue weighted by molar-refractivity contribution is 5.99. The highest BCUT2D eigenvalue weighted by atomic mass is 19.4. The topological polar surface area (TPSA) is 67.4 Å². The van der Waals surface area contributed by atoms with Gasteiger partial charge in [-0.3, -0.25) is 4.79 Å². The molecule has 0 aliphatic rings. The van der Waals surface area contributed by atoms with Gasteiger partial charge in [0.2, 0.25) is 0 Å². The van der Waals surface area contributed by atoms with Gasteiger partial charge in [-0.05, 0) is 31.2 Å². The van der Waals surface area contributed by atoms with E-state index in [0.29, 0.717) is 0 Å². The smallest absolute Gasteiger partial charge is 0.441 e. The van der Waals surface area contributed by atoms with Gasteiger partial charge in [-0.15, -0.1) is 0 Å². The van der Waals surface area contributed by atoms with E-state index in [1.165, 1.54) is 55.5 Å². The van der Waals surface area contributed by atoms with Crippen molar-refractivity contribution in [2.45, 2.75) is 18.8 Å². The molecule has 138 valence electrons. The lowest BCUT2D eigenvalue weighted by Crippen LogP contribution is -2.69.